The number of nitrogens with one attached hydrogen (secondary N) is 1. The first-order valence-electron chi connectivity index (χ1n) is 5.03. The van der Waals surface area contributed by atoms with Crippen LogP contribution in [0.2, 0.25) is 0 Å². The molecule has 16 heavy (non-hydrogen) atoms. The summed E-state index contributed by atoms with van der Waals surface area (Å²) in [6.07, 6.45) is 3.28. The maximum Gasteiger partial charge on any atom is 0.180 e. The van der Waals surface area contributed by atoms with E-state index in [1.165, 1.54) is 0 Å². The summed E-state index contributed by atoms with van der Waals surface area (Å²) in [7, 11) is 0. The molecule has 0 radical (unpaired) electrons. The Morgan fingerprint density at radius 3 is 2.75 bits per heavy atom. The van der Waals surface area contributed by atoms with Gasteiger partial charge in [0.05, 0.1) is 0 Å². The lowest BCUT2D eigenvalue weighted by Gasteiger charge is -2.23. The first-order valence-corrected chi connectivity index (χ1v) is 5.56. The molecule has 5 heteroatoms. The van der Waals surface area contributed by atoms with Crippen LogP contribution in [0.5, 0.6) is 0 Å². The minimum absolute atomic E-state index is 0.190. The number of fused-ring (bicyclic) bond motifs is 1. The Morgan fingerprint density at radius 2 is 2.00 bits per heavy atom. The zero-order chi connectivity index (χ0) is 11.6. The fourth-order valence-electron chi connectivity index (χ4n) is 1.30. The Kier molecular flexibility index (Phi) is 2.92. The quantitative estimate of drug-likeness (QED) is 0.832. The third kappa shape index (κ3) is 2.39. The second-order valence-electron chi connectivity index (χ2n) is 4.24. The highest BCUT2D eigenvalue weighted by atomic mass is 35.5. The van der Waals surface area contributed by atoms with Crippen LogP contribution in [0.25, 0.3) is 11.2 Å². The summed E-state index contributed by atoms with van der Waals surface area (Å²) >= 11 is 5.84. The number of aromatic nitrogens is 3. The summed E-state index contributed by atoms with van der Waals surface area (Å²) in [6, 6.07) is 3.77. The monoisotopic (exact) mass is 236 g/mol. The third-order valence-electron chi connectivity index (χ3n) is 2.13. The van der Waals surface area contributed by atoms with E-state index in [1.54, 1.807) is 12.4 Å². The third-order valence-corrected chi connectivity index (χ3v) is 2.80. The fraction of sp³-hybridized carbons (Fsp3) is 0.364. The summed E-state index contributed by atoms with van der Waals surface area (Å²) in [4.78, 5) is 12.7. The van der Waals surface area contributed by atoms with Crippen molar-refractivity contribution < 1.29 is 0 Å². The lowest BCUT2D eigenvalue weighted by Crippen LogP contribution is -2.33. The predicted molar refractivity (Wildman–Crippen MR) is 65.8 cm³/mol. The van der Waals surface area contributed by atoms with Crippen LogP contribution in [0.15, 0.2) is 24.5 Å². The zero-order valence-electron chi connectivity index (χ0n) is 9.24. The molecule has 2 aromatic heterocycles. The van der Waals surface area contributed by atoms with Crippen molar-refractivity contribution in [2.24, 2.45) is 0 Å². The average molecular weight is 237 g/mol. The van der Waals surface area contributed by atoms with Crippen molar-refractivity contribution >= 4 is 28.6 Å². The van der Waals surface area contributed by atoms with Crippen molar-refractivity contribution in [2.45, 2.75) is 19.4 Å². The van der Waals surface area contributed by atoms with Gasteiger partial charge in [-0.1, -0.05) is 0 Å². The second kappa shape index (κ2) is 4.22. The van der Waals surface area contributed by atoms with Gasteiger partial charge in [-0.2, -0.15) is 0 Å². The van der Waals surface area contributed by atoms with Crippen molar-refractivity contribution in [3.63, 3.8) is 0 Å². The average Bonchev–Trinajstić information content (AvgIpc) is 2.28. The summed E-state index contributed by atoms with van der Waals surface area (Å²) < 4.78 is 0. The van der Waals surface area contributed by atoms with Crippen LogP contribution in [0.4, 0.5) is 5.82 Å². The molecule has 0 spiro atoms. The summed E-state index contributed by atoms with van der Waals surface area (Å²) in [5, 5.41) is 3.25. The van der Waals surface area contributed by atoms with E-state index < -0.39 is 0 Å². The van der Waals surface area contributed by atoms with Gasteiger partial charge in [-0.25, -0.2) is 9.97 Å². The molecule has 0 amide bonds. The first-order chi connectivity index (χ1) is 7.61. The molecule has 4 nitrogen and oxygen atoms in total. The SMILES string of the molecule is CC(C)(CCl)Nc1ccc2nccnc2n1. The number of alkyl halides is 1. The Hall–Kier alpha value is -1.42. The molecule has 0 aliphatic rings. The van der Waals surface area contributed by atoms with E-state index in [4.69, 9.17) is 11.6 Å². The largest absolute Gasteiger partial charge is 0.364 e. The minimum atomic E-state index is -0.190. The van der Waals surface area contributed by atoms with Gasteiger partial charge >= 0.3 is 0 Å². The predicted octanol–water partition coefficient (Wildman–Crippen LogP) is 2.45. The molecule has 2 rings (SSSR count). The first kappa shape index (κ1) is 11.1. The number of hydrogen-bond acceptors (Lipinski definition) is 4. The lowest BCUT2D eigenvalue weighted by molar-refractivity contribution is 0.638. The van der Waals surface area contributed by atoms with E-state index in [9.17, 15) is 0 Å². The second-order valence-corrected chi connectivity index (χ2v) is 4.51. The van der Waals surface area contributed by atoms with E-state index in [0.29, 0.717) is 11.5 Å². The van der Waals surface area contributed by atoms with Crippen molar-refractivity contribution in [1.82, 2.24) is 15.0 Å². The molecule has 0 saturated carbocycles. The molecular weight excluding hydrogens is 224 g/mol. The van der Waals surface area contributed by atoms with Crippen molar-refractivity contribution in [2.75, 3.05) is 11.2 Å². The van der Waals surface area contributed by atoms with E-state index in [0.717, 1.165) is 11.3 Å². The van der Waals surface area contributed by atoms with E-state index in [-0.39, 0.29) is 5.54 Å². The molecule has 0 saturated heterocycles. The van der Waals surface area contributed by atoms with Crippen LogP contribution in [0.1, 0.15) is 13.8 Å². The molecule has 0 aliphatic heterocycles. The Labute approximate surface area is 99.1 Å². The van der Waals surface area contributed by atoms with Crippen LogP contribution in [-0.2, 0) is 0 Å². The van der Waals surface area contributed by atoms with Crippen LogP contribution >= 0.6 is 11.6 Å². The van der Waals surface area contributed by atoms with Gasteiger partial charge in [-0.15, -0.1) is 11.6 Å². The summed E-state index contributed by atoms with van der Waals surface area (Å²) in [5.74, 6) is 1.27. The zero-order valence-corrected chi connectivity index (χ0v) is 9.99. The molecule has 0 aliphatic carbocycles. The Bertz CT molecular complexity index is 498. The molecule has 2 heterocycles. The summed E-state index contributed by atoms with van der Waals surface area (Å²) in [5.41, 5.74) is 1.24. The number of anilines is 1. The molecule has 0 unspecified atom stereocenters. The van der Waals surface area contributed by atoms with Crippen molar-refractivity contribution in [1.29, 1.82) is 0 Å². The fourth-order valence-corrected chi connectivity index (χ4v) is 1.37. The lowest BCUT2D eigenvalue weighted by atomic mass is 10.1. The smallest absolute Gasteiger partial charge is 0.180 e. The molecule has 2 aromatic rings. The molecule has 0 atom stereocenters. The molecule has 0 fully saturated rings. The number of hydrogen-bond donors (Lipinski definition) is 1. The summed E-state index contributed by atoms with van der Waals surface area (Å²) in [6.45, 7) is 4.03. The molecular formula is C11H13ClN4. The topological polar surface area (TPSA) is 50.7 Å². The van der Waals surface area contributed by atoms with Gasteiger partial charge in [0.2, 0.25) is 0 Å². The normalized spacial score (nSPS) is 11.7. The van der Waals surface area contributed by atoms with Crippen LogP contribution in [0, 0.1) is 0 Å². The molecule has 0 bridgehead atoms. The maximum atomic E-state index is 5.84. The molecule has 0 aromatic carbocycles. The Morgan fingerprint density at radius 1 is 1.25 bits per heavy atom. The minimum Gasteiger partial charge on any atom is -0.364 e. The number of nitrogens with zero attached hydrogens (tertiary/aromatic N) is 3. The van der Waals surface area contributed by atoms with Gasteiger partial charge in [0, 0.05) is 23.8 Å². The highest BCUT2D eigenvalue weighted by molar-refractivity contribution is 6.18. The van der Waals surface area contributed by atoms with Gasteiger partial charge in [0.1, 0.15) is 11.3 Å². The van der Waals surface area contributed by atoms with Crippen LogP contribution in [0.3, 0.4) is 0 Å². The molecule has 84 valence electrons. The highest BCUT2D eigenvalue weighted by Crippen LogP contribution is 2.16. The molecule has 1 N–H and O–H groups in total. The van der Waals surface area contributed by atoms with Crippen LogP contribution in [-0.4, -0.2) is 26.4 Å². The van der Waals surface area contributed by atoms with E-state index >= 15 is 0 Å². The van der Waals surface area contributed by atoms with Gasteiger partial charge in [-0.3, -0.25) is 4.98 Å². The number of halogens is 1. The standard InChI is InChI=1S/C11H13ClN4/c1-11(2,7-12)16-9-4-3-8-10(15-9)14-6-5-13-8/h3-6H,7H2,1-2H3,(H,14,15,16). The van der Waals surface area contributed by atoms with Gasteiger partial charge in [0.25, 0.3) is 0 Å². The number of pyridine rings is 1. The van der Waals surface area contributed by atoms with Crippen LogP contribution < -0.4 is 5.32 Å². The van der Waals surface area contributed by atoms with Gasteiger partial charge in [-0.05, 0) is 26.0 Å². The Balaban J connectivity index is 2.33. The van der Waals surface area contributed by atoms with Gasteiger partial charge in [0.15, 0.2) is 5.65 Å². The number of rotatable bonds is 3. The van der Waals surface area contributed by atoms with E-state index in [2.05, 4.69) is 20.3 Å². The maximum absolute atomic E-state index is 5.84. The van der Waals surface area contributed by atoms with E-state index in [1.807, 2.05) is 26.0 Å². The highest BCUT2D eigenvalue weighted by Gasteiger charge is 2.16. The van der Waals surface area contributed by atoms with Crippen molar-refractivity contribution in [3.05, 3.63) is 24.5 Å². The van der Waals surface area contributed by atoms with Crippen molar-refractivity contribution in [3.8, 4) is 0 Å². The van der Waals surface area contributed by atoms with Gasteiger partial charge < -0.3 is 5.32 Å².